The van der Waals surface area contributed by atoms with Gasteiger partial charge in [0.05, 0.1) is 12.1 Å². The van der Waals surface area contributed by atoms with Gasteiger partial charge < -0.3 is 10.6 Å². The van der Waals surface area contributed by atoms with Crippen LogP contribution in [0.1, 0.15) is 10.6 Å². The Kier molecular flexibility index (Phi) is 5.24. The molecule has 0 fully saturated rings. The van der Waals surface area contributed by atoms with Gasteiger partial charge in [0.15, 0.2) is 0 Å². The second-order valence-electron chi connectivity index (χ2n) is 3.78. The van der Waals surface area contributed by atoms with Crippen LogP contribution in [0.2, 0.25) is 0 Å². The third-order valence-electron chi connectivity index (χ3n) is 1.97. The van der Waals surface area contributed by atoms with E-state index in [-0.39, 0.29) is 5.91 Å². The summed E-state index contributed by atoms with van der Waals surface area (Å²) in [5.74, 6) is 0.715. The van der Waals surface area contributed by atoms with E-state index in [0.717, 1.165) is 27.2 Å². The minimum absolute atomic E-state index is 0.295. The minimum atomic E-state index is -0.295. The lowest BCUT2D eigenvalue weighted by molar-refractivity contribution is -0.117. The van der Waals surface area contributed by atoms with Crippen LogP contribution >= 0.6 is 23.1 Å². The molecule has 1 amide bonds. The molecule has 0 radical (unpaired) electrons. The molecular formula is C10H17N3OS2. The number of thiazole rings is 1. The second-order valence-corrected chi connectivity index (χ2v) is 6.21. The standard InChI is InChI=1S/C10H17N3OS2/c1-7-8(6-9(11)14)16-10(12-7)15-5-4-13(2)3/h4-6H2,1-3H3,(H2,11,14). The number of nitrogens with zero attached hydrogens (tertiary/aromatic N) is 2. The highest BCUT2D eigenvalue weighted by molar-refractivity contribution is 8.01. The van der Waals surface area contributed by atoms with Gasteiger partial charge >= 0.3 is 0 Å². The van der Waals surface area contributed by atoms with Crippen molar-refractivity contribution >= 4 is 29.0 Å². The Morgan fingerprint density at radius 3 is 2.81 bits per heavy atom. The van der Waals surface area contributed by atoms with Gasteiger partial charge in [0.25, 0.3) is 0 Å². The number of primary amides is 1. The first-order valence-electron chi connectivity index (χ1n) is 5.01. The number of hydrogen-bond donors (Lipinski definition) is 1. The fourth-order valence-corrected chi connectivity index (χ4v) is 3.52. The molecule has 0 saturated carbocycles. The van der Waals surface area contributed by atoms with Gasteiger partial charge in [0.1, 0.15) is 4.34 Å². The topological polar surface area (TPSA) is 59.2 Å². The zero-order valence-electron chi connectivity index (χ0n) is 9.82. The molecule has 90 valence electrons. The summed E-state index contributed by atoms with van der Waals surface area (Å²) in [6.07, 6.45) is 0.303. The lowest BCUT2D eigenvalue weighted by Crippen LogP contribution is -2.14. The first-order valence-corrected chi connectivity index (χ1v) is 6.81. The van der Waals surface area contributed by atoms with E-state index >= 15 is 0 Å². The van der Waals surface area contributed by atoms with E-state index in [2.05, 4.69) is 9.88 Å². The smallest absolute Gasteiger partial charge is 0.222 e. The Labute approximate surface area is 104 Å². The molecule has 4 nitrogen and oxygen atoms in total. The first kappa shape index (κ1) is 13.5. The Morgan fingerprint density at radius 2 is 2.25 bits per heavy atom. The number of aromatic nitrogens is 1. The number of carbonyl (C=O) groups excluding carboxylic acids is 1. The van der Waals surface area contributed by atoms with Crippen molar-refractivity contribution in [2.24, 2.45) is 5.73 Å². The summed E-state index contributed by atoms with van der Waals surface area (Å²) >= 11 is 3.30. The lowest BCUT2D eigenvalue weighted by atomic mass is 10.3. The summed E-state index contributed by atoms with van der Waals surface area (Å²) in [6.45, 7) is 2.94. The Balaban J connectivity index is 2.52. The van der Waals surface area contributed by atoms with Crippen LogP contribution in [0.15, 0.2) is 4.34 Å². The van der Waals surface area contributed by atoms with Gasteiger partial charge in [0, 0.05) is 17.2 Å². The zero-order chi connectivity index (χ0) is 12.1. The molecule has 6 heteroatoms. The summed E-state index contributed by atoms with van der Waals surface area (Å²) in [5.41, 5.74) is 6.10. The van der Waals surface area contributed by atoms with Crippen LogP contribution in [0.25, 0.3) is 0 Å². The monoisotopic (exact) mass is 259 g/mol. The zero-order valence-corrected chi connectivity index (χ0v) is 11.5. The highest BCUT2D eigenvalue weighted by atomic mass is 32.2. The second kappa shape index (κ2) is 6.22. The van der Waals surface area contributed by atoms with Gasteiger partial charge in [-0.2, -0.15) is 0 Å². The predicted octanol–water partition coefficient (Wildman–Crippen LogP) is 1.13. The van der Waals surface area contributed by atoms with Crippen molar-refractivity contribution in [3.8, 4) is 0 Å². The Morgan fingerprint density at radius 1 is 1.56 bits per heavy atom. The Hall–Kier alpha value is -0.590. The third-order valence-corrected chi connectivity index (χ3v) is 4.25. The molecule has 0 aliphatic carbocycles. The van der Waals surface area contributed by atoms with Gasteiger partial charge in [-0.05, 0) is 21.0 Å². The van der Waals surface area contributed by atoms with Gasteiger partial charge in [-0.15, -0.1) is 11.3 Å². The van der Waals surface area contributed by atoms with E-state index in [1.54, 1.807) is 23.1 Å². The van der Waals surface area contributed by atoms with Crippen LogP contribution in [0.4, 0.5) is 0 Å². The highest BCUT2D eigenvalue weighted by Gasteiger charge is 2.10. The maximum Gasteiger partial charge on any atom is 0.222 e. The van der Waals surface area contributed by atoms with E-state index in [9.17, 15) is 4.79 Å². The molecule has 0 spiro atoms. The maximum absolute atomic E-state index is 10.8. The molecular weight excluding hydrogens is 242 g/mol. The van der Waals surface area contributed by atoms with Crippen LogP contribution in [0.5, 0.6) is 0 Å². The summed E-state index contributed by atoms with van der Waals surface area (Å²) in [4.78, 5) is 18.4. The van der Waals surface area contributed by atoms with E-state index in [1.807, 2.05) is 21.0 Å². The molecule has 0 saturated heterocycles. The highest BCUT2D eigenvalue weighted by Crippen LogP contribution is 2.27. The van der Waals surface area contributed by atoms with Crippen LogP contribution in [0.3, 0.4) is 0 Å². The first-order chi connectivity index (χ1) is 7.49. The van der Waals surface area contributed by atoms with Crippen molar-refractivity contribution < 1.29 is 4.79 Å². The van der Waals surface area contributed by atoms with Gasteiger partial charge in [-0.1, -0.05) is 11.8 Å². The molecule has 0 aliphatic rings. The number of aryl methyl sites for hydroxylation is 1. The normalized spacial score (nSPS) is 11.0. The van der Waals surface area contributed by atoms with Crippen molar-refractivity contribution in [3.05, 3.63) is 10.6 Å². The molecule has 0 atom stereocenters. The molecule has 0 aromatic carbocycles. The largest absolute Gasteiger partial charge is 0.369 e. The van der Waals surface area contributed by atoms with Crippen molar-refractivity contribution in [2.45, 2.75) is 17.7 Å². The molecule has 1 aromatic rings. The van der Waals surface area contributed by atoms with Crippen molar-refractivity contribution in [1.29, 1.82) is 0 Å². The number of amides is 1. The van der Waals surface area contributed by atoms with E-state index < -0.39 is 0 Å². The van der Waals surface area contributed by atoms with Crippen LogP contribution < -0.4 is 5.73 Å². The number of thioether (sulfide) groups is 1. The van der Waals surface area contributed by atoms with Crippen LogP contribution in [-0.4, -0.2) is 42.2 Å². The molecule has 1 aromatic heterocycles. The van der Waals surface area contributed by atoms with Crippen molar-refractivity contribution in [2.75, 3.05) is 26.4 Å². The Bertz CT molecular complexity index is 363. The van der Waals surface area contributed by atoms with Gasteiger partial charge in [-0.25, -0.2) is 4.98 Å². The summed E-state index contributed by atoms with van der Waals surface area (Å²) in [5, 5.41) is 0. The maximum atomic E-state index is 10.8. The van der Waals surface area contributed by atoms with Gasteiger partial charge in [-0.3, -0.25) is 4.79 Å². The molecule has 16 heavy (non-hydrogen) atoms. The number of rotatable bonds is 6. The summed E-state index contributed by atoms with van der Waals surface area (Å²) in [7, 11) is 4.10. The lowest BCUT2D eigenvalue weighted by Gasteiger charge is -2.06. The molecule has 0 bridgehead atoms. The molecule has 2 N–H and O–H groups in total. The fraction of sp³-hybridized carbons (Fsp3) is 0.600. The van der Waals surface area contributed by atoms with Crippen LogP contribution in [-0.2, 0) is 11.2 Å². The average Bonchev–Trinajstić information content (AvgIpc) is 2.45. The SMILES string of the molecule is Cc1nc(SCCN(C)C)sc1CC(N)=O. The average molecular weight is 259 g/mol. The summed E-state index contributed by atoms with van der Waals surface area (Å²) in [6, 6.07) is 0. The van der Waals surface area contributed by atoms with Gasteiger partial charge in [0.2, 0.25) is 5.91 Å². The number of nitrogens with two attached hydrogens (primary N) is 1. The quantitative estimate of drug-likeness (QED) is 0.778. The molecule has 0 unspecified atom stereocenters. The van der Waals surface area contributed by atoms with E-state index in [0.29, 0.717) is 6.42 Å². The minimum Gasteiger partial charge on any atom is -0.369 e. The predicted molar refractivity (Wildman–Crippen MR) is 69.0 cm³/mol. The molecule has 0 aliphatic heterocycles. The fourth-order valence-electron chi connectivity index (χ4n) is 1.10. The molecule has 1 rings (SSSR count). The van der Waals surface area contributed by atoms with E-state index in [1.165, 1.54) is 0 Å². The summed E-state index contributed by atoms with van der Waals surface area (Å²) < 4.78 is 1.02. The third kappa shape index (κ3) is 4.51. The number of hydrogen-bond acceptors (Lipinski definition) is 5. The molecule has 1 heterocycles. The number of carbonyl (C=O) groups is 1. The van der Waals surface area contributed by atoms with Crippen molar-refractivity contribution in [3.63, 3.8) is 0 Å². The van der Waals surface area contributed by atoms with Crippen LogP contribution in [0, 0.1) is 6.92 Å². The van der Waals surface area contributed by atoms with E-state index in [4.69, 9.17) is 5.73 Å². The van der Waals surface area contributed by atoms with Crippen molar-refractivity contribution in [1.82, 2.24) is 9.88 Å².